The predicted octanol–water partition coefficient (Wildman–Crippen LogP) is 7.03. The van der Waals surface area contributed by atoms with E-state index in [2.05, 4.69) is 9.97 Å². The van der Waals surface area contributed by atoms with Crippen LogP contribution in [-0.4, -0.2) is 9.97 Å². The van der Waals surface area contributed by atoms with Gasteiger partial charge in [-0.2, -0.15) is 0 Å². The van der Waals surface area contributed by atoms with Crippen LogP contribution in [0.3, 0.4) is 0 Å². The molecular formula is C30H22F4N2Ti. The zero-order chi connectivity index (χ0) is 25.6. The van der Waals surface area contributed by atoms with Gasteiger partial charge in [0, 0.05) is 0 Å². The third kappa shape index (κ3) is 3.66. The molecule has 0 aliphatic heterocycles. The molecule has 7 heteroatoms. The molecule has 0 amide bonds. The van der Waals surface area contributed by atoms with Crippen molar-refractivity contribution in [2.75, 3.05) is 0 Å². The first kappa shape index (κ1) is 23.8. The Morgan fingerprint density at radius 2 is 1.05 bits per heavy atom. The van der Waals surface area contributed by atoms with Crippen LogP contribution in [0.1, 0.15) is 12.8 Å². The third-order valence-corrected chi connectivity index (χ3v) is 15.2. The Kier molecular flexibility index (Phi) is 6.02. The monoisotopic (exact) mass is 534 g/mol. The predicted molar refractivity (Wildman–Crippen MR) is 135 cm³/mol. The van der Waals surface area contributed by atoms with E-state index in [1.807, 2.05) is 12.2 Å². The SMILES string of the molecule is Fc1ccc(-c2ccc[nH]2)c(F)[c]1[Ti]([C]1=CC=CC1)([C]1=CC=CC1)[c]1c(F)ccc(-c2ccc[nH]2)c1F. The topological polar surface area (TPSA) is 31.6 Å². The fourth-order valence-corrected chi connectivity index (χ4v) is 13.9. The van der Waals surface area contributed by atoms with E-state index in [0.29, 0.717) is 32.0 Å². The van der Waals surface area contributed by atoms with Crippen LogP contribution in [0.15, 0.2) is 105 Å². The molecule has 0 saturated carbocycles. The van der Waals surface area contributed by atoms with Gasteiger partial charge in [0.2, 0.25) is 0 Å². The van der Waals surface area contributed by atoms with E-state index in [4.69, 9.17) is 0 Å². The van der Waals surface area contributed by atoms with Gasteiger partial charge in [0.1, 0.15) is 0 Å². The van der Waals surface area contributed by atoms with Crippen LogP contribution in [0.4, 0.5) is 17.6 Å². The molecule has 37 heavy (non-hydrogen) atoms. The Bertz CT molecular complexity index is 1490. The summed E-state index contributed by atoms with van der Waals surface area (Å²) in [6.45, 7) is 0. The molecule has 0 bridgehead atoms. The van der Waals surface area contributed by atoms with Gasteiger partial charge in [0.25, 0.3) is 0 Å². The molecular weight excluding hydrogens is 512 g/mol. The van der Waals surface area contributed by atoms with Gasteiger partial charge < -0.3 is 0 Å². The van der Waals surface area contributed by atoms with E-state index in [-0.39, 0.29) is 18.9 Å². The zero-order valence-electron chi connectivity index (χ0n) is 19.7. The molecule has 0 fully saturated rings. The molecule has 2 nitrogen and oxygen atoms in total. The zero-order valence-corrected chi connectivity index (χ0v) is 21.2. The van der Waals surface area contributed by atoms with Crippen molar-refractivity contribution >= 4 is 7.74 Å². The number of benzene rings is 2. The second-order valence-corrected chi connectivity index (χ2v) is 15.0. The van der Waals surface area contributed by atoms with Gasteiger partial charge in [-0.1, -0.05) is 0 Å². The van der Waals surface area contributed by atoms with E-state index < -0.39 is 39.9 Å². The number of rotatable bonds is 6. The van der Waals surface area contributed by atoms with E-state index in [0.717, 1.165) is 0 Å². The maximum atomic E-state index is 16.7. The van der Waals surface area contributed by atoms with E-state index >= 15 is 17.6 Å². The standard InChI is InChI=1S/2C10H6F2N.2C5H5.Ti/c2*11-7-3-4-8(9(12)6-7)10-2-1-5-13-10;2*1-2-4-5-3-1;/h2*1-5,13H;2*1-3H,4H2;. The summed E-state index contributed by atoms with van der Waals surface area (Å²) in [6.07, 6.45) is 15.0. The number of nitrogens with one attached hydrogen (secondary N) is 2. The van der Waals surface area contributed by atoms with Gasteiger partial charge in [-0.3, -0.25) is 0 Å². The van der Waals surface area contributed by atoms with Crippen LogP contribution >= 0.6 is 0 Å². The number of hydrogen-bond acceptors (Lipinski definition) is 0. The molecule has 0 radical (unpaired) electrons. The summed E-state index contributed by atoms with van der Waals surface area (Å²) in [7, 11) is 0. The van der Waals surface area contributed by atoms with Gasteiger partial charge >= 0.3 is 216 Å². The van der Waals surface area contributed by atoms with Crippen molar-refractivity contribution in [3.63, 3.8) is 0 Å². The molecule has 4 aromatic rings. The van der Waals surface area contributed by atoms with Crippen molar-refractivity contribution in [3.05, 3.63) is 128 Å². The van der Waals surface area contributed by atoms with Crippen molar-refractivity contribution in [3.8, 4) is 22.5 Å². The van der Waals surface area contributed by atoms with Crippen molar-refractivity contribution in [2.45, 2.75) is 12.8 Å². The minimum absolute atomic E-state index is 0.163. The average Bonchev–Trinajstić information content (AvgIpc) is 3.71. The Morgan fingerprint density at radius 3 is 1.41 bits per heavy atom. The molecule has 2 aromatic heterocycles. The van der Waals surface area contributed by atoms with Crippen LogP contribution < -0.4 is 7.74 Å². The molecule has 2 heterocycles. The fourth-order valence-electron chi connectivity index (χ4n) is 5.63. The van der Waals surface area contributed by atoms with E-state index in [9.17, 15) is 0 Å². The molecule has 2 aromatic carbocycles. The first-order valence-corrected chi connectivity index (χ1v) is 15.1. The van der Waals surface area contributed by atoms with Crippen LogP contribution in [0.2, 0.25) is 0 Å². The number of hydrogen-bond donors (Lipinski definition) is 2. The third-order valence-electron chi connectivity index (χ3n) is 7.21. The summed E-state index contributed by atoms with van der Waals surface area (Å²) in [5, 5.41) is 0. The summed E-state index contributed by atoms with van der Waals surface area (Å²) in [5.74, 6) is -3.16. The normalized spacial score (nSPS) is 14.9. The number of aromatic amines is 2. The molecule has 0 atom stereocenters. The van der Waals surface area contributed by atoms with Gasteiger partial charge in [-0.05, 0) is 0 Å². The quantitative estimate of drug-likeness (QED) is 0.197. The minimum atomic E-state index is -4.85. The second kappa shape index (κ2) is 9.36. The molecule has 2 aliphatic carbocycles. The van der Waals surface area contributed by atoms with Crippen LogP contribution in [0.5, 0.6) is 0 Å². The first-order chi connectivity index (χ1) is 18.0. The van der Waals surface area contributed by atoms with Gasteiger partial charge in [-0.15, -0.1) is 0 Å². The van der Waals surface area contributed by atoms with Crippen LogP contribution in [0, 0.1) is 23.3 Å². The van der Waals surface area contributed by atoms with Crippen molar-refractivity contribution < 1.29 is 34.2 Å². The number of halogens is 4. The van der Waals surface area contributed by atoms with Gasteiger partial charge in [0.05, 0.1) is 0 Å². The number of aromatic nitrogens is 2. The molecule has 0 spiro atoms. The van der Waals surface area contributed by atoms with Crippen molar-refractivity contribution in [2.24, 2.45) is 0 Å². The summed E-state index contributed by atoms with van der Waals surface area (Å²) in [4.78, 5) is 5.95. The van der Waals surface area contributed by atoms with Crippen molar-refractivity contribution in [1.82, 2.24) is 9.97 Å². The van der Waals surface area contributed by atoms with Crippen molar-refractivity contribution in [1.29, 1.82) is 0 Å². The van der Waals surface area contributed by atoms with E-state index in [1.54, 1.807) is 61.0 Å². The van der Waals surface area contributed by atoms with Crippen LogP contribution in [-0.2, 0) is 16.6 Å². The number of H-pyrrole nitrogens is 2. The fraction of sp³-hybridized carbons (Fsp3) is 0.0667. The summed E-state index contributed by atoms with van der Waals surface area (Å²) >= 11 is -4.85. The van der Waals surface area contributed by atoms with Gasteiger partial charge in [0.15, 0.2) is 0 Å². The second-order valence-electron chi connectivity index (χ2n) is 9.13. The number of allylic oxidation sites excluding steroid dienone is 8. The molecule has 0 unspecified atom stereocenters. The summed E-state index contributed by atoms with van der Waals surface area (Å²) in [6, 6.07) is 12.0. The first-order valence-electron chi connectivity index (χ1n) is 12.0. The molecule has 6 rings (SSSR count). The summed E-state index contributed by atoms with van der Waals surface area (Å²) in [5.41, 5.74) is 1.26. The summed E-state index contributed by atoms with van der Waals surface area (Å²) < 4.78 is 66.4. The Balaban J connectivity index is 1.76. The molecule has 0 saturated heterocycles. The Labute approximate surface area is 215 Å². The Hall–Kier alpha value is -3.61. The molecule has 2 N–H and O–H groups in total. The molecule has 184 valence electrons. The van der Waals surface area contributed by atoms with Crippen LogP contribution in [0.25, 0.3) is 22.5 Å². The average molecular weight is 534 g/mol. The molecule has 2 aliphatic rings. The Morgan fingerprint density at radius 1 is 0.595 bits per heavy atom. The van der Waals surface area contributed by atoms with Gasteiger partial charge in [-0.25, -0.2) is 0 Å². The maximum absolute atomic E-state index is 16.7. The van der Waals surface area contributed by atoms with E-state index in [1.165, 1.54) is 24.3 Å².